The van der Waals surface area contributed by atoms with E-state index in [-0.39, 0.29) is 6.04 Å². The SMILES string of the molecule is CC(C)=CC(NN)c1cc(I)ccc1Br. The van der Waals surface area contributed by atoms with Crippen LogP contribution in [0.25, 0.3) is 0 Å². The lowest BCUT2D eigenvalue weighted by Gasteiger charge is -2.15. The van der Waals surface area contributed by atoms with Gasteiger partial charge in [-0.3, -0.25) is 5.84 Å². The molecule has 3 N–H and O–H groups in total. The Labute approximate surface area is 113 Å². The molecule has 1 aromatic rings. The van der Waals surface area contributed by atoms with E-state index in [1.807, 2.05) is 6.07 Å². The van der Waals surface area contributed by atoms with Gasteiger partial charge >= 0.3 is 0 Å². The molecule has 0 amide bonds. The van der Waals surface area contributed by atoms with Gasteiger partial charge in [0.05, 0.1) is 6.04 Å². The highest BCUT2D eigenvalue weighted by atomic mass is 127. The average Bonchev–Trinajstić information content (AvgIpc) is 2.18. The van der Waals surface area contributed by atoms with Crippen LogP contribution in [0.1, 0.15) is 25.5 Å². The molecule has 0 radical (unpaired) electrons. The van der Waals surface area contributed by atoms with Gasteiger partial charge in [0.2, 0.25) is 0 Å². The van der Waals surface area contributed by atoms with Gasteiger partial charge in [-0.2, -0.15) is 0 Å². The summed E-state index contributed by atoms with van der Waals surface area (Å²) in [5, 5.41) is 0. The molecule has 82 valence electrons. The van der Waals surface area contributed by atoms with Crippen molar-refractivity contribution in [2.24, 2.45) is 5.84 Å². The monoisotopic (exact) mass is 380 g/mol. The highest BCUT2D eigenvalue weighted by Gasteiger charge is 2.10. The summed E-state index contributed by atoms with van der Waals surface area (Å²) in [7, 11) is 0. The van der Waals surface area contributed by atoms with Crippen molar-refractivity contribution >= 4 is 38.5 Å². The van der Waals surface area contributed by atoms with Crippen molar-refractivity contribution in [3.8, 4) is 0 Å². The van der Waals surface area contributed by atoms with Crippen molar-refractivity contribution in [2.75, 3.05) is 0 Å². The van der Waals surface area contributed by atoms with Gasteiger partial charge in [0.15, 0.2) is 0 Å². The fourth-order valence-corrected chi connectivity index (χ4v) is 2.32. The number of rotatable bonds is 3. The highest BCUT2D eigenvalue weighted by molar-refractivity contribution is 14.1. The van der Waals surface area contributed by atoms with E-state index in [9.17, 15) is 0 Å². The van der Waals surface area contributed by atoms with Crippen molar-refractivity contribution in [3.05, 3.63) is 43.5 Å². The second-order valence-electron chi connectivity index (χ2n) is 3.55. The summed E-state index contributed by atoms with van der Waals surface area (Å²) in [5.41, 5.74) is 5.21. The van der Waals surface area contributed by atoms with Gasteiger partial charge < -0.3 is 0 Å². The first kappa shape index (κ1) is 13.2. The van der Waals surface area contributed by atoms with Gasteiger partial charge in [-0.25, -0.2) is 5.43 Å². The Bertz CT molecular complexity index is 373. The van der Waals surface area contributed by atoms with Crippen LogP contribution in [-0.4, -0.2) is 0 Å². The number of allylic oxidation sites excluding steroid dienone is 1. The van der Waals surface area contributed by atoms with Gasteiger partial charge in [-0.15, -0.1) is 0 Å². The number of nitrogens with two attached hydrogens (primary N) is 1. The third-order valence-corrected chi connectivity index (χ3v) is 3.37. The highest BCUT2D eigenvalue weighted by Crippen LogP contribution is 2.26. The zero-order valence-corrected chi connectivity index (χ0v) is 12.5. The molecule has 2 nitrogen and oxygen atoms in total. The summed E-state index contributed by atoms with van der Waals surface area (Å²) in [6.45, 7) is 4.12. The minimum Gasteiger partial charge on any atom is -0.271 e. The molecule has 1 aromatic carbocycles. The smallest absolute Gasteiger partial charge is 0.0654 e. The molecule has 1 unspecified atom stereocenters. The Morgan fingerprint density at radius 3 is 2.73 bits per heavy atom. The third kappa shape index (κ3) is 3.86. The first-order chi connectivity index (χ1) is 7.04. The molecule has 0 aliphatic rings. The van der Waals surface area contributed by atoms with E-state index < -0.39 is 0 Å². The molecule has 0 saturated carbocycles. The molecular weight excluding hydrogens is 367 g/mol. The summed E-state index contributed by atoms with van der Waals surface area (Å²) in [5.74, 6) is 5.55. The maximum absolute atomic E-state index is 5.55. The van der Waals surface area contributed by atoms with Crippen LogP contribution in [0.15, 0.2) is 34.3 Å². The van der Waals surface area contributed by atoms with Crippen LogP contribution in [0, 0.1) is 3.57 Å². The van der Waals surface area contributed by atoms with E-state index in [2.05, 4.69) is 76.0 Å². The molecule has 0 saturated heterocycles. The Morgan fingerprint density at radius 1 is 1.53 bits per heavy atom. The largest absolute Gasteiger partial charge is 0.271 e. The van der Waals surface area contributed by atoms with Crippen LogP contribution in [0.5, 0.6) is 0 Å². The van der Waals surface area contributed by atoms with E-state index in [4.69, 9.17) is 5.84 Å². The third-order valence-electron chi connectivity index (χ3n) is 1.97. The van der Waals surface area contributed by atoms with Crippen LogP contribution >= 0.6 is 38.5 Å². The minimum atomic E-state index is 0.0547. The van der Waals surface area contributed by atoms with Gasteiger partial charge in [0, 0.05) is 8.04 Å². The normalized spacial score (nSPS) is 12.3. The quantitative estimate of drug-likeness (QED) is 0.364. The van der Waals surface area contributed by atoms with E-state index >= 15 is 0 Å². The van der Waals surface area contributed by atoms with Gasteiger partial charge in [-0.05, 0) is 60.2 Å². The zero-order valence-electron chi connectivity index (χ0n) is 8.72. The van der Waals surface area contributed by atoms with Crippen LogP contribution in [0.3, 0.4) is 0 Å². The van der Waals surface area contributed by atoms with Gasteiger partial charge in [0.1, 0.15) is 0 Å². The topological polar surface area (TPSA) is 38.0 Å². The molecule has 1 rings (SSSR count). The molecular formula is C11H14BrIN2. The summed E-state index contributed by atoms with van der Waals surface area (Å²) in [4.78, 5) is 0. The molecule has 4 heteroatoms. The second-order valence-corrected chi connectivity index (χ2v) is 5.65. The number of hydrogen-bond acceptors (Lipinski definition) is 2. The molecule has 15 heavy (non-hydrogen) atoms. The fourth-order valence-electron chi connectivity index (χ4n) is 1.31. The Kier molecular flexibility index (Phi) is 5.25. The summed E-state index contributed by atoms with van der Waals surface area (Å²) < 4.78 is 2.27. The van der Waals surface area contributed by atoms with Crippen molar-refractivity contribution < 1.29 is 0 Å². The van der Waals surface area contributed by atoms with E-state index in [1.54, 1.807) is 0 Å². The lowest BCUT2D eigenvalue weighted by molar-refractivity contribution is 0.649. The lowest BCUT2D eigenvalue weighted by atomic mass is 10.1. The average molecular weight is 381 g/mol. The van der Waals surface area contributed by atoms with Crippen LogP contribution < -0.4 is 11.3 Å². The van der Waals surface area contributed by atoms with Crippen LogP contribution in [0.4, 0.5) is 0 Å². The molecule has 1 atom stereocenters. The molecule has 0 aromatic heterocycles. The van der Waals surface area contributed by atoms with Gasteiger partial charge in [0.25, 0.3) is 0 Å². The fraction of sp³-hybridized carbons (Fsp3) is 0.273. The van der Waals surface area contributed by atoms with Crippen molar-refractivity contribution in [1.29, 1.82) is 0 Å². The first-order valence-electron chi connectivity index (χ1n) is 4.60. The number of benzene rings is 1. The van der Waals surface area contributed by atoms with E-state index in [1.165, 1.54) is 9.14 Å². The Hall–Kier alpha value is 0.0900. The molecule has 0 heterocycles. The summed E-state index contributed by atoms with van der Waals surface area (Å²) in [6, 6.07) is 6.28. The molecule has 0 aliphatic heterocycles. The second kappa shape index (κ2) is 5.98. The zero-order chi connectivity index (χ0) is 11.4. The molecule has 0 spiro atoms. The van der Waals surface area contributed by atoms with Crippen LogP contribution in [-0.2, 0) is 0 Å². The number of halogens is 2. The maximum atomic E-state index is 5.55. The number of hydrazine groups is 1. The predicted molar refractivity (Wildman–Crippen MR) is 76.4 cm³/mol. The lowest BCUT2D eigenvalue weighted by Crippen LogP contribution is -2.27. The van der Waals surface area contributed by atoms with Crippen molar-refractivity contribution in [3.63, 3.8) is 0 Å². The van der Waals surface area contributed by atoms with Gasteiger partial charge in [-0.1, -0.05) is 27.6 Å². The predicted octanol–water partition coefficient (Wildman–Crippen LogP) is 3.52. The minimum absolute atomic E-state index is 0.0547. The summed E-state index contributed by atoms with van der Waals surface area (Å²) in [6.07, 6.45) is 2.11. The summed E-state index contributed by atoms with van der Waals surface area (Å²) >= 11 is 5.83. The van der Waals surface area contributed by atoms with Crippen molar-refractivity contribution in [1.82, 2.24) is 5.43 Å². The number of hydrogen-bond donors (Lipinski definition) is 2. The number of nitrogens with one attached hydrogen (secondary N) is 1. The van der Waals surface area contributed by atoms with E-state index in [0.717, 1.165) is 10.0 Å². The Morgan fingerprint density at radius 2 is 2.20 bits per heavy atom. The first-order valence-corrected chi connectivity index (χ1v) is 6.48. The molecule has 0 aliphatic carbocycles. The standard InChI is InChI=1S/C11H14BrIN2/c1-7(2)5-11(15-14)9-6-8(13)3-4-10(9)12/h3-6,11,15H,14H2,1-2H3. The maximum Gasteiger partial charge on any atom is 0.0654 e. The Balaban J connectivity index is 3.11. The van der Waals surface area contributed by atoms with Crippen LogP contribution in [0.2, 0.25) is 0 Å². The van der Waals surface area contributed by atoms with Crippen molar-refractivity contribution in [2.45, 2.75) is 19.9 Å². The van der Waals surface area contributed by atoms with E-state index in [0.29, 0.717) is 0 Å². The molecule has 0 bridgehead atoms. The molecule has 0 fully saturated rings.